The van der Waals surface area contributed by atoms with E-state index < -0.39 is 0 Å². The van der Waals surface area contributed by atoms with Gasteiger partial charge in [-0.15, -0.1) is 0 Å². The van der Waals surface area contributed by atoms with Crippen LogP contribution < -0.4 is 10.1 Å². The van der Waals surface area contributed by atoms with Crippen LogP contribution in [0.2, 0.25) is 0 Å². The minimum absolute atomic E-state index is 0.703. The second kappa shape index (κ2) is 5.44. The predicted octanol–water partition coefficient (Wildman–Crippen LogP) is 2.97. The van der Waals surface area contributed by atoms with Crippen LogP contribution in [0, 0.1) is 13.8 Å². The van der Waals surface area contributed by atoms with E-state index in [9.17, 15) is 0 Å². The van der Waals surface area contributed by atoms with Crippen LogP contribution in [0.3, 0.4) is 0 Å². The number of nitrogens with zero attached hydrogens (tertiary/aromatic N) is 3. The van der Waals surface area contributed by atoms with E-state index in [0.717, 1.165) is 33.9 Å². The second-order valence-electron chi connectivity index (χ2n) is 5.09. The first-order valence-electron chi connectivity index (χ1n) is 6.85. The smallest absolute Gasteiger partial charge is 0.155 e. The maximum absolute atomic E-state index is 5.21. The summed E-state index contributed by atoms with van der Waals surface area (Å²) in [5.74, 6) is 0.869. The number of fused-ring (bicyclic) bond motifs is 1. The summed E-state index contributed by atoms with van der Waals surface area (Å²) < 4.78 is 7.03. The van der Waals surface area contributed by atoms with E-state index in [1.165, 1.54) is 0 Å². The van der Waals surface area contributed by atoms with Gasteiger partial charge >= 0.3 is 0 Å². The lowest BCUT2D eigenvalue weighted by molar-refractivity contribution is 0.414. The Morgan fingerprint density at radius 2 is 2.10 bits per heavy atom. The number of methoxy groups -OCH3 is 1. The first kappa shape index (κ1) is 13.4. The van der Waals surface area contributed by atoms with Crippen LogP contribution in [0.5, 0.6) is 5.75 Å². The van der Waals surface area contributed by atoms with Gasteiger partial charge in [0.25, 0.3) is 0 Å². The van der Waals surface area contributed by atoms with Crippen molar-refractivity contribution >= 4 is 11.3 Å². The van der Waals surface area contributed by atoms with Gasteiger partial charge in [-0.1, -0.05) is 0 Å². The lowest BCUT2D eigenvalue weighted by Crippen LogP contribution is -2.03. The molecule has 1 aromatic carbocycles. The van der Waals surface area contributed by atoms with Gasteiger partial charge in [-0.3, -0.25) is 0 Å². The third-order valence-corrected chi connectivity index (χ3v) is 3.41. The highest BCUT2D eigenvalue weighted by Crippen LogP contribution is 2.21. The Morgan fingerprint density at radius 3 is 2.86 bits per heavy atom. The normalized spacial score (nSPS) is 10.8. The summed E-state index contributed by atoms with van der Waals surface area (Å²) in [4.78, 5) is 4.40. The van der Waals surface area contributed by atoms with E-state index in [0.29, 0.717) is 6.54 Å². The number of aryl methyl sites for hydroxylation is 2. The Labute approximate surface area is 123 Å². The van der Waals surface area contributed by atoms with Gasteiger partial charge in [0, 0.05) is 36.3 Å². The fourth-order valence-electron chi connectivity index (χ4n) is 2.28. The molecule has 3 aromatic rings. The first-order chi connectivity index (χ1) is 10.2. The first-order valence-corrected chi connectivity index (χ1v) is 6.85. The van der Waals surface area contributed by atoms with Gasteiger partial charge in [0.05, 0.1) is 12.8 Å². The number of hydrogen-bond donors (Lipinski definition) is 1. The van der Waals surface area contributed by atoms with Crippen molar-refractivity contribution in [3.63, 3.8) is 0 Å². The molecule has 0 fully saturated rings. The molecule has 0 saturated carbocycles. The van der Waals surface area contributed by atoms with Crippen molar-refractivity contribution in [3.8, 4) is 5.75 Å². The molecule has 0 spiro atoms. The van der Waals surface area contributed by atoms with E-state index in [2.05, 4.69) is 22.3 Å². The molecule has 108 valence electrons. The van der Waals surface area contributed by atoms with Crippen LogP contribution in [0.25, 0.3) is 5.65 Å². The standard InChI is InChI=1S/C16H18N4O/c1-11-6-14(21-3)4-5-15(11)17-8-13-9-18-16-7-12(2)19-20(16)10-13/h4-7,9-10,17H,8H2,1-3H3. The van der Waals surface area contributed by atoms with Crippen LogP contribution in [0.4, 0.5) is 5.69 Å². The predicted molar refractivity (Wildman–Crippen MR) is 82.8 cm³/mol. The van der Waals surface area contributed by atoms with Crippen LogP contribution in [-0.2, 0) is 6.54 Å². The molecular formula is C16H18N4O. The molecule has 0 aliphatic rings. The van der Waals surface area contributed by atoms with Crippen molar-refractivity contribution in [3.05, 3.63) is 53.5 Å². The molecule has 5 nitrogen and oxygen atoms in total. The molecule has 3 rings (SSSR count). The van der Waals surface area contributed by atoms with Crippen molar-refractivity contribution in [1.29, 1.82) is 0 Å². The Morgan fingerprint density at radius 1 is 1.24 bits per heavy atom. The zero-order valence-electron chi connectivity index (χ0n) is 12.4. The van der Waals surface area contributed by atoms with Crippen LogP contribution >= 0.6 is 0 Å². The van der Waals surface area contributed by atoms with Crippen LogP contribution in [0.1, 0.15) is 16.8 Å². The number of ether oxygens (including phenoxy) is 1. The number of nitrogens with one attached hydrogen (secondary N) is 1. The second-order valence-corrected chi connectivity index (χ2v) is 5.09. The molecule has 21 heavy (non-hydrogen) atoms. The third-order valence-electron chi connectivity index (χ3n) is 3.41. The number of rotatable bonds is 4. The molecule has 0 aliphatic heterocycles. The van der Waals surface area contributed by atoms with E-state index in [4.69, 9.17) is 4.74 Å². The average molecular weight is 282 g/mol. The highest BCUT2D eigenvalue weighted by Gasteiger charge is 2.03. The van der Waals surface area contributed by atoms with Gasteiger partial charge in [-0.2, -0.15) is 5.10 Å². The summed E-state index contributed by atoms with van der Waals surface area (Å²) in [5.41, 5.74) is 5.17. The fraction of sp³-hybridized carbons (Fsp3) is 0.250. The van der Waals surface area contributed by atoms with E-state index in [-0.39, 0.29) is 0 Å². The minimum Gasteiger partial charge on any atom is -0.497 e. The van der Waals surface area contributed by atoms with Gasteiger partial charge < -0.3 is 10.1 Å². The summed E-state index contributed by atoms with van der Waals surface area (Å²) >= 11 is 0. The fourth-order valence-corrected chi connectivity index (χ4v) is 2.28. The quantitative estimate of drug-likeness (QED) is 0.799. The summed E-state index contributed by atoms with van der Waals surface area (Å²) in [7, 11) is 1.68. The van der Waals surface area contributed by atoms with Gasteiger partial charge in [-0.05, 0) is 37.6 Å². The zero-order valence-corrected chi connectivity index (χ0v) is 12.4. The van der Waals surface area contributed by atoms with E-state index in [1.807, 2.05) is 48.1 Å². The summed E-state index contributed by atoms with van der Waals surface area (Å²) in [5, 5.41) is 7.79. The number of hydrogen-bond acceptors (Lipinski definition) is 4. The monoisotopic (exact) mass is 282 g/mol. The molecule has 0 saturated heterocycles. The molecular weight excluding hydrogens is 264 g/mol. The highest BCUT2D eigenvalue weighted by molar-refractivity contribution is 5.53. The van der Waals surface area contributed by atoms with E-state index >= 15 is 0 Å². The molecule has 0 bridgehead atoms. The molecule has 2 heterocycles. The SMILES string of the molecule is COc1ccc(NCc2cnc3cc(C)nn3c2)c(C)c1. The molecule has 0 amide bonds. The lowest BCUT2D eigenvalue weighted by Gasteiger charge is -2.11. The summed E-state index contributed by atoms with van der Waals surface area (Å²) in [6, 6.07) is 7.96. The molecule has 0 atom stereocenters. The molecule has 0 unspecified atom stereocenters. The lowest BCUT2D eigenvalue weighted by atomic mass is 10.2. The van der Waals surface area contributed by atoms with Crippen molar-refractivity contribution in [1.82, 2.24) is 14.6 Å². The van der Waals surface area contributed by atoms with Gasteiger partial charge in [0.2, 0.25) is 0 Å². The molecule has 0 radical (unpaired) electrons. The Bertz CT molecular complexity index is 779. The Balaban J connectivity index is 1.76. The minimum atomic E-state index is 0.703. The van der Waals surface area contributed by atoms with Crippen molar-refractivity contribution in [2.24, 2.45) is 0 Å². The Kier molecular flexibility index (Phi) is 3.48. The topological polar surface area (TPSA) is 51.5 Å². The maximum atomic E-state index is 5.21. The van der Waals surface area contributed by atoms with Crippen LogP contribution in [0.15, 0.2) is 36.7 Å². The average Bonchev–Trinajstić information content (AvgIpc) is 2.85. The molecule has 1 N–H and O–H groups in total. The van der Waals surface area contributed by atoms with Crippen LogP contribution in [-0.4, -0.2) is 21.7 Å². The van der Waals surface area contributed by atoms with Gasteiger partial charge in [0.15, 0.2) is 5.65 Å². The third kappa shape index (κ3) is 2.81. The van der Waals surface area contributed by atoms with Gasteiger partial charge in [0.1, 0.15) is 5.75 Å². The number of aromatic nitrogens is 3. The summed E-state index contributed by atoms with van der Waals surface area (Å²) in [6.45, 7) is 4.73. The number of anilines is 1. The summed E-state index contributed by atoms with van der Waals surface area (Å²) in [6.07, 6.45) is 3.88. The largest absolute Gasteiger partial charge is 0.497 e. The molecule has 5 heteroatoms. The highest BCUT2D eigenvalue weighted by atomic mass is 16.5. The molecule has 0 aliphatic carbocycles. The van der Waals surface area contributed by atoms with Crippen molar-refractivity contribution in [2.75, 3.05) is 12.4 Å². The maximum Gasteiger partial charge on any atom is 0.155 e. The zero-order chi connectivity index (χ0) is 14.8. The Hall–Kier alpha value is -2.56. The molecule has 2 aromatic heterocycles. The van der Waals surface area contributed by atoms with Gasteiger partial charge in [-0.25, -0.2) is 9.50 Å². The number of benzene rings is 1. The van der Waals surface area contributed by atoms with Crippen molar-refractivity contribution in [2.45, 2.75) is 20.4 Å². The van der Waals surface area contributed by atoms with Crippen molar-refractivity contribution < 1.29 is 4.74 Å². The van der Waals surface area contributed by atoms with E-state index in [1.54, 1.807) is 7.11 Å².